The molecule has 1 fully saturated rings. The van der Waals surface area contributed by atoms with E-state index in [0.29, 0.717) is 30.7 Å². The van der Waals surface area contributed by atoms with E-state index in [1.54, 1.807) is 12.1 Å². The smallest absolute Gasteiger partial charge is 0.244 e. The summed E-state index contributed by atoms with van der Waals surface area (Å²) in [5.41, 5.74) is 0. The largest absolute Gasteiger partial charge is 0.495 e. The van der Waals surface area contributed by atoms with E-state index in [9.17, 15) is 8.42 Å². The van der Waals surface area contributed by atoms with Crippen LogP contribution in [0.1, 0.15) is 32.1 Å². The van der Waals surface area contributed by atoms with Crippen molar-refractivity contribution in [2.24, 2.45) is 0 Å². The molecule has 0 bridgehead atoms. The van der Waals surface area contributed by atoms with Crippen molar-refractivity contribution in [1.82, 2.24) is 4.72 Å². The standard InChI is InChI=1S/C15H22ClNO4S/c1-20-14-8-7-12(16)11-15(14)22(18,19)17-9-4-10-21-13-5-2-3-6-13/h7-8,11,13,17H,2-6,9-10H2,1H3. The lowest BCUT2D eigenvalue weighted by molar-refractivity contribution is 0.0575. The molecule has 0 saturated heterocycles. The molecular formula is C15H22ClNO4S. The predicted octanol–water partition coefficient (Wildman–Crippen LogP) is 2.98. The third-order valence-corrected chi connectivity index (χ3v) is 5.40. The minimum atomic E-state index is -3.64. The third-order valence-electron chi connectivity index (χ3n) is 3.68. The number of methoxy groups -OCH3 is 1. The average Bonchev–Trinajstić information content (AvgIpc) is 3.00. The lowest BCUT2D eigenvalue weighted by Crippen LogP contribution is -2.26. The third kappa shape index (κ3) is 4.84. The quantitative estimate of drug-likeness (QED) is 0.734. The average molecular weight is 348 g/mol. The van der Waals surface area contributed by atoms with Crippen LogP contribution < -0.4 is 9.46 Å². The summed E-state index contributed by atoms with van der Waals surface area (Å²) in [6, 6.07) is 4.52. The number of hydrogen-bond acceptors (Lipinski definition) is 4. The van der Waals surface area contributed by atoms with E-state index in [2.05, 4.69) is 4.72 Å². The summed E-state index contributed by atoms with van der Waals surface area (Å²) in [7, 11) is -2.21. The van der Waals surface area contributed by atoms with E-state index in [-0.39, 0.29) is 10.6 Å². The second kappa shape index (κ2) is 8.15. The van der Waals surface area contributed by atoms with Crippen molar-refractivity contribution >= 4 is 21.6 Å². The van der Waals surface area contributed by atoms with Crippen molar-refractivity contribution < 1.29 is 17.9 Å². The number of halogens is 1. The van der Waals surface area contributed by atoms with Gasteiger partial charge in [-0.2, -0.15) is 0 Å². The number of benzene rings is 1. The number of hydrogen-bond donors (Lipinski definition) is 1. The molecule has 0 unspecified atom stereocenters. The Morgan fingerprint density at radius 3 is 2.73 bits per heavy atom. The summed E-state index contributed by atoms with van der Waals surface area (Å²) < 4.78 is 37.9. The first kappa shape index (κ1) is 17.5. The van der Waals surface area contributed by atoms with Crippen LogP contribution in [0, 0.1) is 0 Å². The minimum absolute atomic E-state index is 0.0548. The van der Waals surface area contributed by atoms with E-state index in [0.717, 1.165) is 12.8 Å². The maximum Gasteiger partial charge on any atom is 0.244 e. The van der Waals surface area contributed by atoms with Crippen LogP contribution in [0.5, 0.6) is 5.75 Å². The van der Waals surface area contributed by atoms with Gasteiger partial charge in [0.05, 0.1) is 13.2 Å². The number of nitrogens with one attached hydrogen (secondary N) is 1. The Kier molecular flexibility index (Phi) is 6.50. The number of sulfonamides is 1. The van der Waals surface area contributed by atoms with Crippen LogP contribution in [0.25, 0.3) is 0 Å². The second-order valence-corrected chi connectivity index (χ2v) is 7.50. The fourth-order valence-corrected chi connectivity index (χ4v) is 4.03. The normalized spacial score (nSPS) is 16.1. The maximum atomic E-state index is 12.3. The van der Waals surface area contributed by atoms with Crippen LogP contribution in [-0.2, 0) is 14.8 Å². The van der Waals surface area contributed by atoms with Gasteiger partial charge in [-0.15, -0.1) is 0 Å². The van der Waals surface area contributed by atoms with Crippen molar-refractivity contribution in [3.05, 3.63) is 23.2 Å². The Hall–Kier alpha value is -0.820. The maximum absolute atomic E-state index is 12.3. The molecule has 1 aliphatic rings. The molecule has 1 N–H and O–H groups in total. The summed E-state index contributed by atoms with van der Waals surface area (Å²) in [4.78, 5) is 0.0548. The Morgan fingerprint density at radius 1 is 1.32 bits per heavy atom. The van der Waals surface area contributed by atoms with Crippen LogP contribution in [-0.4, -0.2) is 34.8 Å². The van der Waals surface area contributed by atoms with Gasteiger partial charge in [0.25, 0.3) is 0 Å². The fraction of sp³-hybridized carbons (Fsp3) is 0.600. The highest BCUT2D eigenvalue weighted by molar-refractivity contribution is 7.89. The summed E-state index contributed by atoms with van der Waals surface area (Å²) >= 11 is 5.87. The zero-order valence-electron chi connectivity index (χ0n) is 12.7. The van der Waals surface area contributed by atoms with Crippen molar-refractivity contribution in [3.8, 4) is 5.75 Å². The van der Waals surface area contributed by atoms with Crippen LogP contribution in [0.4, 0.5) is 0 Å². The van der Waals surface area contributed by atoms with Gasteiger partial charge in [0.1, 0.15) is 10.6 Å². The second-order valence-electron chi connectivity index (χ2n) is 5.32. The van der Waals surface area contributed by atoms with Crippen molar-refractivity contribution in [2.45, 2.75) is 43.1 Å². The van der Waals surface area contributed by atoms with Gasteiger partial charge in [-0.1, -0.05) is 24.4 Å². The van der Waals surface area contributed by atoms with Gasteiger partial charge in [-0.3, -0.25) is 0 Å². The molecule has 0 aliphatic heterocycles. The van der Waals surface area contributed by atoms with Crippen LogP contribution in [0.2, 0.25) is 5.02 Å². The first-order valence-electron chi connectivity index (χ1n) is 7.48. The molecule has 5 nitrogen and oxygen atoms in total. The molecule has 0 atom stereocenters. The molecule has 1 aromatic carbocycles. The lowest BCUT2D eigenvalue weighted by atomic mass is 10.3. The van der Waals surface area contributed by atoms with Gasteiger partial charge >= 0.3 is 0 Å². The summed E-state index contributed by atoms with van der Waals surface area (Å²) in [6.07, 6.45) is 5.68. The van der Waals surface area contributed by atoms with Crippen molar-refractivity contribution in [1.29, 1.82) is 0 Å². The molecule has 0 radical (unpaired) electrons. The van der Waals surface area contributed by atoms with Gasteiger partial charge in [0.15, 0.2) is 0 Å². The van der Waals surface area contributed by atoms with Crippen LogP contribution >= 0.6 is 11.6 Å². The molecule has 0 heterocycles. The topological polar surface area (TPSA) is 64.6 Å². The van der Waals surface area contributed by atoms with E-state index in [1.807, 2.05) is 0 Å². The highest BCUT2D eigenvalue weighted by atomic mass is 35.5. The van der Waals surface area contributed by atoms with Crippen molar-refractivity contribution in [3.63, 3.8) is 0 Å². The Morgan fingerprint density at radius 2 is 2.05 bits per heavy atom. The Balaban J connectivity index is 1.84. The Labute approximate surface area is 137 Å². The predicted molar refractivity (Wildman–Crippen MR) is 86.0 cm³/mol. The fourth-order valence-electron chi connectivity index (χ4n) is 2.52. The van der Waals surface area contributed by atoms with Gasteiger partial charge < -0.3 is 9.47 Å². The molecule has 22 heavy (non-hydrogen) atoms. The van der Waals surface area contributed by atoms with Gasteiger partial charge in [-0.25, -0.2) is 13.1 Å². The SMILES string of the molecule is COc1ccc(Cl)cc1S(=O)(=O)NCCCOC1CCCC1. The highest BCUT2D eigenvalue weighted by Crippen LogP contribution is 2.26. The summed E-state index contributed by atoms with van der Waals surface area (Å²) in [6.45, 7) is 0.893. The Bertz CT molecular complexity index is 585. The van der Waals surface area contributed by atoms with Gasteiger partial charge in [0.2, 0.25) is 10.0 Å². The first-order valence-corrected chi connectivity index (χ1v) is 9.34. The summed E-state index contributed by atoms with van der Waals surface area (Å²) in [5.74, 6) is 0.277. The van der Waals surface area contributed by atoms with Gasteiger partial charge in [-0.05, 0) is 37.5 Å². The van der Waals surface area contributed by atoms with E-state index >= 15 is 0 Å². The molecule has 0 aromatic heterocycles. The lowest BCUT2D eigenvalue weighted by Gasteiger charge is -2.12. The number of ether oxygens (including phenoxy) is 2. The number of rotatable bonds is 8. The molecular weight excluding hydrogens is 326 g/mol. The zero-order valence-corrected chi connectivity index (χ0v) is 14.3. The molecule has 2 rings (SSSR count). The van der Waals surface area contributed by atoms with Gasteiger partial charge in [0, 0.05) is 18.2 Å². The van der Waals surface area contributed by atoms with E-state index in [1.165, 1.54) is 26.0 Å². The first-order chi connectivity index (χ1) is 10.5. The molecule has 7 heteroatoms. The molecule has 124 valence electrons. The zero-order chi connectivity index (χ0) is 16.0. The van der Waals surface area contributed by atoms with E-state index in [4.69, 9.17) is 21.1 Å². The van der Waals surface area contributed by atoms with Crippen LogP contribution in [0.3, 0.4) is 0 Å². The molecule has 0 spiro atoms. The van der Waals surface area contributed by atoms with E-state index < -0.39 is 10.0 Å². The monoisotopic (exact) mass is 347 g/mol. The van der Waals surface area contributed by atoms with Crippen LogP contribution in [0.15, 0.2) is 23.1 Å². The molecule has 0 amide bonds. The minimum Gasteiger partial charge on any atom is -0.495 e. The summed E-state index contributed by atoms with van der Waals surface area (Å²) in [5, 5.41) is 0.353. The molecule has 1 aliphatic carbocycles. The molecule has 1 aromatic rings. The molecule has 1 saturated carbocycles. The highest BCUT2D eigenvalue weighted by Gasteiger charge is 2.20. The van der Waals surface area contributed by atoms with Crippen molar-refractivity contribution in [2.75, 3.05) is 20.3 Å².